The molecule has 0 amide bonds. The molecule has 0 aliphatic carbocycles. The molecule has 1 N–H and O–H groups in total. The molecule has 0 saturated carbocycles. The third kappa shape index (κ3) is 2.32. The third-order valence-electron chi connectivity index (χ3n) is 3.36. The zero-order chi connectivity index (χ0) is 13.9. The van der Waals surface area contributed by atoms with Gasteiger partial charge in [-0.3, -0.25) is 0 Å². The zero-order valence-corrected chi connectivity index (χ0v) is 10.8. The SMILES string of the molecule is O=C(O)c1ccccc1OCC1COc2ccccc21. The van der Waals surface area contributed by atoms with Gasteiger partial charge in [0, 0.05) is 5.56 Å². The number of ether oxygens (including phenoxy) is 2. The van der Waals surface area contributed by atoms with Crippen molar-refractivity contribution in [2.45, 2.75) is 5.92 Å². The van der Waals surface area contributed by atoms with Crippen LogP contribution in [0.4, 0.5) is 0 Å². The lowest BCUT2D eigenvalue weighted by Gasteiger charge is -2.12. The summed E-state index contributed by atoms with van der Waals surface area (Å²) in [5.41, 5.74) is 1.29. The molecule has 0 spiro atoms. The van der Waals surface area contributed by atoms with Gasteiger partial charge in [0.2, 0.25) is 0 Å². The van der Waals surface area contributed by atoms with Gasteiger partial charge in [-0.25, -0.2) is 4.79 Å². The van der Waals surface area contributed by atoms with E-state index in [1.54, 1.807) is 18.2 Å². The molecule has 102 valence electrons. The number of aromatic carboxylic acids is 1. The van der Waals surface area contributed by atoms with Crippen LogP contribution in [-0.4, -0.2) is 24.3 Å². The lowest BCUT2D eigenvalue weighted by atomic mass is 10.0. The van der Waals surface area contributed by atoms with Crippen LogP contribution in [0.15, 0.2) is 48.5 Å². The van der Waals surface area contributed by atoms with E-state index < -0.39 is 5.97 Å². The van der Waals surface area contributed by atoms with E-state index in [1.807, 2.05) is 24.3 Å². The highest BCUT2D eigenvalue weighted by Crippen LogP contribution is 2.34. The van der Waals surface area contributed by atoms with Crippen LogP contribution in [-0.2, 0) is 0 Å². The summed E-state index contributed by atoms with van der Waals surface area (Å²) in [4.78, 5) is 11.1. The van der Waals surface area contributed by atoms with Crippen LogP contribution in [0.2, 0.25) is 0 Å². The van der Waals surface area contributed by atoms with Gasteiger partial charge < -0.3 is 14.6 Å². The lowest BCUT2D eigenvalue weighted by Crippen LogP contribution is -2.13. The summed E-state index contributed by atoms with van der Waals surface area (Å²) in [6.45, 7) is 0.968. The molecular formula is C16H14O4. The largest absolute Gasteiger partial charge is 0.493 e. The zero-order valence-electron chi connectivity index (χ0n) is 10.8. The summed E-state index contributed by atoms with van der Waals surface area (Å²) in [7, 11) is 0. The second-order valence-corrected chi connectivity index (χ2v) is 4.66. The smallest absolute Gasteiger partial charge is 0.339 e. The van der Waals surface area contributed by atoms with Crippen molar-refractivity contribution in [2.75, 3.05) is 13.2 Å². The molecule has 0 fully saturated rings. The van der Waals surface area contributed by atoms with Gasteiger partial charge in [-0.1, -0.05) is 30.3 Å². The lowest BCUT2D eigenvalue weighted by molar-refractivity contribution is 0.0692. The molecule has 0 aromatic heterocycles. The van der Waals surface area contributed by atoms with E-state index in [0.717, 1.165) is 11.3 Å². The molecule has 2 aromatic rings. The highest BCUT2D eigenvalue weighted by Gasteiger charge is 2.24. The van der Waals surface area contributed by atoms with Crippen LogP contribution < -0.4 is 9.47 Å². The van der Waals surface area contributed by atoms with Crippen molar-refractivity contribution >= 4 is 5.97 Å². The Bertz CT molecular complexity index is 636. The van der Waals surface area contributed by atoms with Crippen molar-refractivity contribution in [1.29, 1.82) is 0 Å². The molecule has 0 saturated heterocycles. The topological polar surface area (TPSA) is 55.8 Å². The number of carbonyl (C=O) groups is 1. The quantitative estimate of drug-likeness (QED) is 0.928. The first-order chi connectivity index (χ1) is 9.75. The molecular weight excluding hydrogens is 256 g/mol. The number of hydrogen-bond acceptors (Lipinski definition) is 3. The van der Waals surface area contributed by atoms with E-state index in [4.69, 9.17) is 14.6 Å². The number of para-hydroxylation sites is 2. The fourth-order valence-corrected chi connectivity index (χ4v) is 2.33. The van der Waals surface area contributed by atoms with Crippen molar-refractivity contribution in [3.05, 3.63) is 59.7 Å². The number of hydrogen-bond donors (Lipinski definition) is 1. The Hall–Kier alpha value is -2.49. The summed E-state index contributed by atoms with van der Waals surface area (Å²) in [5, 5.41) is 9.11. The van der Waals surface area contributed by atoms with E-state index in [-0.39, 0.29) is 11.5 Å². The first-order valence-corrected chi connectivity index (χ1v) is 6.42. The van der Waals surface area contributed by atoms with Crippen molar-refractivity contribution in [1.82, 2.24) is 0 Å². The average Bonchev–Trinajstić information content (AvgIpc) is 2.88. The van der Waals surface area contributed by atoms with E-state index in [9.17, 15) is 4.79 Å². The van der Waals surface area contributed by atoms with Crippen molar-refractivity contribution in [3.8, 4) is 11.5 Å². The Morgan fingerprint density at radius 2 is 1.95 bits per heavy atom. The summed E-state index contributed by atoms with van der Waals surface area (Å²) in [6, 6.07) is 14.5. The molecule has 1 aliphatic rings. The van der Waals surface area contributed by atoms with Gasteiger partial charge in [0.15, 0.2) is 0 Å². The molecule has 20 heavy (non-hydrogen) atoms. The fourth-order valence-electron chi connectivity index (χ4n) is 2.33. The first-order valence-electron chi connectivity index (χ1n) is 6.42. The molecule has 0 radical (unpaired) electrons. The normalized spacial score (nSPS) is 16.3. The Kier molecular flexibility index (Phi) is 3.29. The van der Waals surface area contributed by atoms with Crippen LogP contribution >= 0.6 is 0 Å². The molecule has 1 unspecified atom stereocenters. The maximum absolute atomic E-state index is 11.1. The maximum atomic E-state index is 11.1. The minimum Gasteiger partial charge on any atom is -0.493 e. The molecule has 4 heteroatoms. The number of rotatable bonds is 4. The third-order valence-corrected chi connectivity index (χ3v) is 3.36. The van der Waals surface area contributed by atoms with Crippen molar-refractivity contribution in [2.24, 2.45) is 0 Å². The van der Waals surface area contributed by atoms with Gasteiger partial charge in [-0.05, 0) is 18.2 Å². The fraction of sp³-hybridized carbons (Fsp3) is 0.188. The second kappa shape index (κ2) is 5.25. The van der Waals surface area contributed by atoms with Crippen LogP contribution in [0.1, 0.15) is 21.8 Å². The van der Waals surface area contributed by atoms with Gasteiger partial charge in [0.1, 0.15) is 17.1 Å². The van der Waals surface area contributed by atoms with E-state index in [0.29, 0.717) is 19.0 Å². The molecule has 4 nitrogen and oxygen atoms in total. The Morgan fingerprint density at radius 3 is 2.80 bits per heavy atom. The van der Waals surface area contributed by atoms with Crippen LogP contribution in [0, 0.1) is 0 Å². The maximum Gasteiger partial charge on any atom is 0.339 e. The summed E-state index contributed by atoms with van der Waals surface area (Å²) >= 11 is 0. The summed E-state index contributed by atoms with van der Waals surface area (Å²) in [6.07, 6.45) is 0. The minimum absolute atomic E-state index is 0.132. The van der Waals surface area contributed by atoms with Gasteiger partial charge in [-0.15, -0.1) is 0 Å². The monoisotopic (exact) mass is 270 g/mol. The van der Waals surface area contributed by atoms with E-state index in [1.165, 1.54) is 6.07 Å². The molecule has 3 rings (SSSR count). The van der Waals surface area contributed by atoms with E-state index in [2.05, 4.69) is 0 Å². The summed E-state index contributed by atoms with van der Waals surface area (Å²) in [5.74, 6) is 0.425. The van der Waals surface area contributed by atoms with Gasteiger partial charge >= 0.3 is 5.97 Å². The standard InChI is InChI=1S/C16H14O4/c17-16(18)13-6-2-4-8-15(13)20-10-11-9-19-14-7-3-1-5-12(11)14/h1-8,11H,9-10H2,(H,17,18). The molecule has 0 bridgehead atoms. The second-order valence-electron chi connectivity index (χ2n) is 4.66. The Morgan fingerprint density at radius 1 is 1.20 bits per heavy atom. The van der Waals surface area contributed by atoms with Crippen LogP contribution in [0.5, 0.6) is 11.5 Å². The Balaban J connectivity index is 1.74. The van der Waals surface area contributed by atoms with Crippen molar-refractivity contribution in [3.63, 3.8) is 0 Å². The van der Waals surface area contributed by atoms with E-state index >= 15 is 0 Å². The average molecular weight is 270 g/mol. The molecule has 1 aliphatic heterocycles. The number of benzene rings is 2. The molecule has 1 atom stereocenters. The van der Waals surface area contributed by atoms with Crippen molar-refractivity contribution < 1.29 is 19.4 Å². The predicted molar refractivity (Wildman–Crippen MR) is 73.6 cm³/mol. The van der Waals surface area contributed by atoms with Gasteiger partial charge in [-0.2, -0.15) is 0 Å². The minimum atomic E-state index is -0.983. The molecule has 1 heterocycles. The Labute approximate surface area is 116 Å². The van der Waals surface area contributed by atoms with Crippen LogP contribution in [0.25, 0.3) is 0 Å². The van der Waals surface area contributed by atoms with Gasteiger partial charge in [0.25, 0.3) is 0 Å². The predicted octanol–water partition coefficient (Wildman–Crippen LogP) is 2.94. The van der Waals surface area contributed by atoms with Crippen LogP contribution in [0.3, 0.4) is 0 Å². The summed E-state index contributed by atoms with van der Waals surface area (Å²) < 4.78 is 11.3. The first kappa shape index (κ1) is 12.5. The highest BCUT2D eigenvalue weighted by molar-refractivity contribution is 5.90. The number of carboxylic acid groups (broad SMARTS) is 1. The molecule has 2 aromatic carbocycles. The number of carboxylic acids is 1. The van der Waals surface area contributed by atoms with Gasteiger partial charge in [0.05, 0.1) is 19.1 Å². The number of fused-ring (bicyclic) bond motifs is 1. The highest BCUT2D eigenvalue weighted by atomic mass is 16.5.